The van der Waals surface area contributed by atoms with Gasteiger partial charge in [-0.05, 0) is 27.7 Å². The van der Waals surface area contributed by atoms with E-state index in [1.165, 1.54) is 23.0 Å². The average Bonchev–Trinajstić information content (AvgIpc) is 2.67. The van der Waals surface area contributed by atoms with Crippen LogP contribution in [-0.2, 0) is 14.3 Å². The zero-order valence-corrected chi connectivity index (χ0v) is 18.4. The summed E-state index contributed by atoms with van der Waals surface area (Å²) < 4.78 is 16.0. The number of morpholine rings is 1. The maximum absolute atomic E-state index is 13.1. The van der Waals surface area contributed by atoms with Gasteiger partial charge in [-0.15, -0.1) is 0 Å². The highest BCUT2D eigenvalue weighted by Crippen LogP contribution is 2.38. The first kappa shape index (κ1) is 23.7. The van der Waals surface area contributed by atoms with E-state index in [1.807, 2.05) is 0 Å². The van der Waals surface area contributed by atoms with E-state index in [1.54, 1.807) is 27.7 Å². The van der Waals surface area contributed by atoms with Crippen LogP contribution < -0.4 is 9.64 Å². The van der Waals surface area contributed by atoms with Gasteiger partial charge in [0, 0.05) is 25.2 Å². The Balaban J connectivity index is 2.26. The van der Waals surface area contributed by atoms with E-state index in [2.05, 4.69) is 0 Å². The minimum absolute atomic E-state index is 0.0198. The fraction of sp³-hybridized carbons (Fsp3) is 0.579. The van der Waals surface area contributed by atoms with Crippen molar-refractivity contribution < 1.29 is 28.7 Å². The van der Waals surface area contributed by atoms with Crippen molar-refractivity contribution in [3.8, 4) is 5.75 Å². The summed E-state index contributed by atoms with van der Waals surface area (Å²) in [4.78, 5) is 38.8. The summed E-state index contributed by atoms with van der Waals surface area (Å²) in [7, 11) is 1.29. The molecular weight excluding hydrogens is 418 g/mol. The number of carbonyl (C=O) groups excluding carboxylic acids is 2. The number of methoxy groups -OCH3 is 1. The van der Waals surface area contributed by atoms with E-state index in [0.717, 1.165) is 6.07 Å². The van der Waals surface area contributed by atoms with E-state index in [9.17, 15) is 19.7 Å². The zero-order chi connectivity index (χ0) is 22.6. The molecule has 1 aliphatic rings. The average molecular weight is 444 g/mol. The van der Waals surface area contributed by atoms with Gasteiger partial charge in [-0.3, -0.25) is 14.9 Å². The van der Waals surface area contributed by atoms with Crippen LogP contribution in [0.5, 0.6) is 5.75 Å². The van der Waals surface area contributed by atoms with E-state index in [4.69, 9.17) is 25.8 Å². The molecule has 0 saturated carbocycles. The highest BCUT2D eigenvalue weighted by atomic mass is 35.5. The van der Waals surface area contributed by atoms with Gasteiger partial charge in [0.05, 0.1) is 35.9 Å². The number of carbonyl (C=O) groups is 2. The summed E-state index contributed by atoms with van der Waals surface area (Å²) in [5, 5.41) is 11.2. The molecule has 1 aromatic carbocycles. The van der Waals surface area contributed by atoms with Crippen LogP contribution in [0.25, 0.3) is 0 Å². The Kier molecular flexibility index (Phi) is 7.49. The molecule has 2 rings (SSSR count). The Morgan fingerprint density at radius 1 is 1.40 bits per heavy atom. The Hall–Kier alpha value is -2.59. The number of ether oxygens (including phenoxy) is 3. The van der Waals surface area contributed by atoms with E-state index < -0.39 is 28.6 Å². The lowest BCUT2D eigenvalue weighted by atomic mass is 10.2. The van der Waals surface area contributed by atoms with Gasteiger partial charge < -0.3 is 24.0 Å². The van der Waals surface area contributed by atoms with Gasteiger partial charge in [0.1, 0.15) is 5.60 Å². The lowest BCUT2D eigenvalue weighted by Crippen LogP contribution is -2.53. The van der Waals surface area contributed by atoms with Gasteiger partial charge >= 0.3 is 11.8 Å². The molecule has 1 aliphatic heterocycles. The summed E-state index contributed by atoms with van der Waals surface area (Å²) in [5.74, 6) is -0.450. The molecule has 1 aromatic rings. The van der Waals surface area contributed by atoms with Crippen molar-refractivity contribution in [3.05, 3.63) is 27.3 Å². The molecule has 0 spiro atoms. The van der Waals surface area contributed by atoms with Crippen molar-refractivity contribution in [1.29, 1.82) is 0 Å². The molecular formula is C19H26ClN3O7. The highest BCUT2D eigenvalue weighted by molar-refractivity contribution is 6.34. The number of rotatable bonds is 5. The second-order valence-electron chi connectivity index (χ2n) is 7.60. The Morgan fingerprint density at radius 2 is 2.07 bits per heavy atom. The van der Waals surface area contributed by atoms with Gasteiger partial charge in [0.15, 0.2) is 11.9 Å². The summed E-state index contributed by atoms with van der Waals surface area (Å²) in [6.45, 7) is 7.74. The fourth-order valence-corrected chi connectivity index (χ4v) is 3.21. The Labute approximate surface area is 179 Å². The first-order valence-corrected chi connectivity index (χ1v) is 9.79. The van der Waals surface area contributed by atoms with Gasteiger partial charge in [-0.1, -0.05) is 11.6 Å². The lowest BCUT2D eigenvalue weighted by Gasteiger charge is -2.35. The highest BCUT2D eigenvalue weighted by Gasteiger charge is 2.35. The predicted octanol–water partition coefficient (Wildman–Crippen LogP) is 3.25. The van der Waals surface area contributed by atoms with E-state index >= 15 is 0 Å². The predicted molar refractivity (Wildman–Crippen MR) is 110 cm³/mol. The normalized spacial score (nSPS) is 16.7. The molecule has 1 heterocycles. The molecule has 30 heavy (non-hydrogen) atoms. The smallest absolute Gasteiger partial charge is 0.410 e. The topological polar surface area (TPSA) is 111 Å². The van der Waals surface area contributed by atoms with E-state index in [-0.39, 0.29) is 41.8 Å². The number of hydrogen-bond acceptors (Lipinski definition) is 7. The molecule has 11 heteroatoms. The van der Waals surface area contributed by atoms with Crippen LogP contribution in [0.1, 0.15) is 27.7 Å². The number of nitro groups is 1. The fourth-order valence-electron chi connectivity index (χ4n) is 2.95. The van der Waals surface area contributed by atoms with Crippen molar-refractivity contribution in [1.82, 2.24) is 4.90 Å². The maximum atomic E-state index is 13.1. The maximum Gasteiger partial charge on any atom is 0.410 e. The third-order valence-corrected chi connectivity index (χ3v) is 4.61. The van der Waals surface area contributed by atoms with E-state index in [0.29, 0.717) is 6.54 Å². The standard InChI is InChI=1S/C19H26ClN3O7/c1-6-22(13-10-15(28-5)14(23(26)27)9-12(13)20)17(24)16-11-21(7-8-29-16)18(25)30-19(2,3)4/h9-10,16H,6-8,11H2,1-5H3/t16-/m1/s1. The number of halogens is 1. The number of nitrogens with zero attached hydrogens (tertiary/aromatic N) is 3. The summed E-state index contributed by atoms with van der Waals surface area (Å²) >= 11 is 6.23. The van der Waals surface area contributed by atoms with Crippen LogP contribution in [0.4, 0.5) is 16.2 Å². The quantitative estimate of drug-likeness (QED) is 0.507. The first-order valence-electron chi connectivity index (χ1n) is 9.41. The van der Waals surface area contributed by atoms with Crippen LogP contribution in [0.15, 0.2) is 12.1 Å². The second kappa shape index (κ2) is 9.48. The van der Waals surface area contributed by atoms with Crippen LogP contribution >= 0.6 is 11.6 Å². The van der Waals surface area contributed by atoms with Gasteiger partial charge in [-0.25, -0.2) is 4.79 Å². The summed E-state index contributed by atoms with van der Waals surface area (Å²) in [5.41, 5.74) is -0.711. The number of amides is 2. The Morgan fingerprint density at radius 3 is 2.60 bits per heavy atom. The number of benzene rings is 1. The second-order valence-corrected chi connectivity index (χ2v) is 8.01. The van der Waals surface area contributed by atoms with Crippen LogP contribution in [-0.4, -0.2) is 66.9 Å². The van der Waals surface area contributed by atoms with Crippen LogP contribution in [0.3, 0.4) is 0 Å². The SMILES string of the molecule is CCN(C(=O)[C@H]1CN(C(=O)OC(C)(C)C)CCO1)c1cc(OC)c([N+](=O)[O-])cc1Cl. The number of hydrogen-bond donors (Lipinski definition) is 0. The molecule has 10 nitrogen and oxygen atoms in total. The molecule has 0 aromatic heterocycles. The van der Waals surface area contributed by atoms with Crippen LogP contribution in [0, 0.1) is 10.1 Å². The summed E-state index contributed by atoms with van der Waals surface area (Å²) in [6.07, 6.45) is -1.45. The lowest BCUT2D eigenvalue weighted by molar-refractivity contribution is -0.385. The molecule has 0 unspecified atom stereocenters. The van der Waals surface area contributed by atoms with Gasteiger partial charge in [0.2, 0.25) is 0 Å². The molecule has 0 radical (unpaired) electrons. The van der Waals surface area contributed by atoms with Gasteiger partial charge in [0.25, 0.3) is 5.91 Å². The third kappa shape index (κ3) is 5.51. The minimum atomic E-state index is -0.927. The van der Waals surface area contributed by atoms with Crippen molar-refractivity contribution >= 4 is 35.0 Å². The Bertz CT molecular complexity index is 825. The van der Waals surface area contributed by atoms with Crippen molar-refractivity contribution in [3.63, 3.8) is 0 Å². The monoisotopic (exact) mass is 443 g/mol. The van der Waals surface area contributed by atoms with Crippen LogP contribution in [0.2, 0.25) is 5.02 Å². The third-order valence-electron chi connectivity index (χ3n) is 4.31. The molecule has 166 valence electrons. The number of anilines is 1. The zero-order valence-electron chi connectivity index (χ0n) is 17.6. The minimum Gasteiger partial charge on any atom is -0.490 e. The summed E-state index contributed by atoms with van der Waals surface area (Å²) in [6, 6.07) is 2.48. The number of nitro benzene ring substituents is 1. The molecule has 0 N–H and O–H groups in total. The molecule has 1 fully saturated rings. The van der Waals surface area contributed by atoms with Crippen molar-refractivity contribution in [2.24, 2.45) is 0 Å². The molecule has 1 atom stereocenters. The van der Waals surface area contributed by atoms with Gasteiger partial charge in [-0.2, -0.15) is 0 Å². The van der Waals surface area contributed by atoms with Crippen molar-refractivity contribution in [2.45, 2.75) is 39.4 Å². The molecule has 0 aliphatic carbocycles. The first-order chi connectivity index (χ1) is 14.0. The molecule has 1 saturated heterocycles. The van der Waals surface area contributed by atoms with Crippen molar-refractivity contribution in [2.75, 3.05) is 38.3 Å². The largest absolute Gasteiger partial charge is 0.490 e. The number of likely N-dealkylation sites (N-methyl/N-ethyl adjacent to an activating group) is 1. The molecule has 2 amide bonds. The molecule has 0 bridgehead atoms.